The first-order valence-corrected chi connectivity index (χ1v) is 11.0. The van der Waals surface area contributed by atoms with Gasteiger partial charge in [0.1, 0.15) is 11.5 Å². The first-order valence-electron chi connectivity index (χ1n) is 11.0. The number of nitrogens with zero attached hydrogens (tertiary/aromatic N) is 6. The first kappa shape index (κ1) is 19.4. The van der Waals surface area contributed by atoms with Crippen molar-refractivity contribution >= 4 is 17.2 Å². The van der Waals surface area contributed by atoms with Crippen molar-refractivity contribution < 1.29 is 4.79 Å². The predicted octanol–water partition coefficient (Wildman–Crippen LogP) is 5.00. The number of imidazole rings is 1. The molecule has 0 saturated heterocycles. The monoisotopic (exact) mass is 434 g/mol. The van der Waals surface area contributed by atoms with Crippen LogP contribution in [0, 0.1) is 0 Å². The molecule has 5 heterocycles. The molecule has 0 saturated carbocycles. The van der Waals surface area contributed by atoms with E-state index >= 15 is 0 Å². The number of pyridine rings is 2. The fourth-order valence-electron chi connectivity index (χ4n) is 4.38. The van der Waals surface area contributed by atoms with Gasteiger partial charge in [-0.15, -0.1) is 0 Å². The van der Waals surface area contributed by atoms with E-state index in [2.05, 4.69) is 40.6 Å². The van der Waals surface area contributed by atoms with E-state index in [0.717, 1.165) is 33.7 Å². The van der Waals surface area contributed by atoms with Crippen LogP contribution < -0.4 is 4.90 Å². The summed E-state index contributed by atoms with van der Waals surface area (Å²) in [5.74, 6) is 1.39. The van der Waals surface area contributed by atoms with Crippen molar-refractivity contribution in [2.75, 3.05) is 4.90 Å². The maximum atomic E-state index is 13.4. The van der Waals surface area contributed by atoms with Gasteiger partial charge >= 0.3 is 0 Å². The standard InChI is InChI=1S/C26H22N6O/c1-17(2)30-13-12-27-25(30)23-4-3-5-24(29-23)31-15-20-7-6-18(14-22(20)26(31)33)19-8-9-21-10-11-28-32(21)16-19/h3-14,16-17H,15H2,1-2H3. The fraction of sp³-hybridized carbons (Fsp3) is 0.154. The third kappa shape index (κ3) is 3.20. The van der Waals surface area contributed by atoms with Crippen LogP contribution in [-0.4, -0.2) is 30.1 Å². The maximum Gasteiger partial charge on any atom is 0.260 e. The zero-order valence-electron chi connectivity index (χ0n) is 18.4. The minimum atomic E-state index is -0.0381. The van der Waals surface area contributed by atoms with Crippen molar-refractivity contribution in [3.63, 3.8) is 0 Å². The first-order chi connectivity index (χ1) is 16.1. The molecular formula is C26H22N6O. The Morgan fingerprint density at radius 2 is 1.85 bits per heavy atom. The quantitative estimate of drug-likeness (QED) is 0.399. The van der Waals surface area contributed by atoms with Crippen molar-refractivity contribution in [1.82, 2.24) is 24.1 Å². The van der Waals surface area contributed by atoms with Crippen LogP contribution in [0.15, 0.2) is 79.4 Å². The highest BCUT2D eigenvalue weighted by molar-refractivity contribution is 6.10. The van der Waals surface area contributed by atoms with E-state index < -0.39 is 0 Å². The molecule has 5 aromatic rings. The Morgan fingerprint density at radius 1 is 0.970 bits per heavy atom. The average Bonchev–Trinajstić information content (AvgIpc) is 3.57. The summed E-state index contributed by atoms with van der Waals surface area (Å²) < 4.78 is 3.92. The van der Waals surface area contributed by atoms with E-state index in [0.29, 0.717) is 17.9 Å². The molecule has 1 aliphatic heterocycles. The molecule has 1 aliphatic rings. The second kappa shape index (κ2) is 7.41. The summed E-state index contributed by atoms with van der Waals surface area (Å²) in [6, 6.07) is 18.1. The van der Waals surface area contributed by atoms with E-state index in [4.69, 9.17) is 4.98 Å². The minimum Gasteiger partial charge on any atom is -0.327 e. The largest absolute Gasteiger partial charge is 0.327 e. The molecule has 7 nitrogen and oxygen atoms in total. The summed E-state index contributed by atoms with van der Waals surface area (Å²) >= 11 is 0. The summed E-state index contributed by atoms with van der Waals surface area (Å²) in [5.41, 5.74) is 5.50. The van der Waals surface area contributed by atoms with Crippen LogP contribution in [0.25, 0.3) is 28.2 Å². The topological polar surface area (TPSA) is 68.3 Å². The van der Waals surface area contributed by atoms with Crippen LogP contribution in [0.4, 0.5) is 5.82 Å². The molecule has 4 aromatic heterocycles. The lowest BCUT2D eigenvalue weighted by Gasteiger charge is -2.16. The zero-order valence-corrected chi connectivity index (χ0v) is 18.4. The van der Waals surface area contributed by atoms with Crippen LogP contribution in [-0.2, 0) is 6.54 Å². The molecule has 0 bridgehead atoms. The number of amides is 1. The van der Waals surface area contributed by atoms with Crippen LogP contribution in [0.1, 0.15) is 35.8 Å². The molecule has 6 rings (SSSR count). The van der Waals surface area contributed by atoms with Crippen LogP contribution in [0.2, 0.25) is 0 Å². The van der Waals surface area contributed by atoms with E-state index in [9.17, 15) is 4.79 Å². The second-order valence-electron chi connectivity index (χ2n) is 8.51. The Balaban J connectivity index is 1.34. The molecule has 0 radical (unpaired) electrons. The van der Waals surface area contributed by atoms with Crippen molar-refractivity contribution in [3.05, 3.63) is 90.5 Å². The second-order valence-corrected chi connectivity index (χ2v) is 8.51. The molecule has 0 fully saturated rings. The van der Waals surface area contributed by atoms with Crippen molar-refractivity contribution in [3.8, 4) is 22.6 Å². The van der Waals surface area contributed by atoms with Gasteiger partial charge in [0, 0.05) is 42.0 Å². The van der Waals surface area contributed by atoms with Gasteiger partial charge in [-0.05, 0) is 55.3 Å². The normalized spacial score (nSPS) is 13.3. The number of hydrogen-bond acceptors (Lipinski definition) is 4. The number of hydrogen-bond donors (Lipinski definition) is 0. The number of anilines is 1. The Bertz CT molecular complexity index is 1510. The number of carbonyl (C=O) groups is 1. The lowest BCUT2D eigenvalue weighted by atomic mass is 10.0. The number of aromatic nitrogens is 5. The summed E-state index contributed by atoms with van der Waals surface area (Å²) in [4.78, 5) is 24.4. The van der Waals surface area contributed by atoms with Crippen LogP contribution in [0.3, 0.4) is 0 Å². The van der Waals surface area contributed by atoms with Crippen molar-refractivity contribution in [2.45, 2.75) is 26.4 Å². The van der Waals surface area contributed by atoms with E-state index in [-0.39, 0.29) is 11.9 Å². The molecule has 162 valence electrons. The third-order valence-electron chi connectivity index (χ3n) is 6.11. The third-order valence-corrected chi connectivity index (χ3v) is 6.11. The summed E-state index contributed by atoms with van der Waals surface area (Å²) in [5, 5.41) is 4.32. The lowest BCUT2D eigenvalue weighted by molar-refractivity contribution is 0.0996. The van der Waals surface area contributed by atoms with E-state index in [1.165, 1.54) is 0 Å². The molecular weight excluding hydrogens is 412 g/mol. The minimum absolute atomic E-state index is 0.0381. The summed E-state index contributed by atoms with van der Waals surface area (Å²) in [6.45, 7) is 4.72. The van der Waals surface area contributed by atoms with Gasteiger partial charge in [-0.25, -0.2) is 14.5 Å². The Morgan fingerprint density at radius 3 is 2.73 bits per heavy atom. The van der Waals surface area contributed by atoms with Gasteiger partial charge < -0.3 is 4.57 Å². The highest BCUT2D eigenvalue weighted by Crippen LogP contribution is 2.32. The maximum absolute atomic E-state index is 13.4. The average molecular weight is 435 g/mol. The number of rotatable bonds is 4. The molecule has 0 aliphatic carbocycles. The van der Waals surface area contributed by atoms with Gasteiger partial charge in [-0.2, -0.15) is 5.10 Å². The highest BCUT2D eigenvalue weighted by atomic mass is 16.2. The van der Waals surface area contributed by atoms with Gasteiger partial charge in [-0.1, -0.05) is 24.3 Å². The van der Waals surface area contributed by atoms with Gasteiger partial charge in [-0.3, -0.25) is 9.69 Å². The molecule has 0 spiro atoms. The van der Waals surface area contributed by atoms with Gasteiger partial charge in [0.15, 0.2) is 5.82 Å². The molecule has 1 aromatic carbocycles. The van der Waals surface area contributed by atoms with Crippen molar-refractivity contribution in [1.29, 1.82) is 0 Å². The molecule has 7 heteroatoms. The van der Waals surface area contributed by atoms with Gasteiger partial charge in [0.25, 0.3) is 5.91 Å². The van der Waals surface area contributed by atoms with Gasteiger partial charge in [0.2, 0.25) is 0 Å². The number of benzene rings is 1. The van der Waals surface area contributed by atoms with Crippen LogP contribution in [0.5, 0.6) is 0 Å². The van der Waals surface area contributed by atoms with Gasteiger partial charge in [0.05, 0.1) is 12.1 Å². The van der Waals surface area contributed by atoms with E-state index in [1.54, 1.807) is 17.3 Å². The Labute approximate surface area is 191 Å². The smallest absolute Gasteiger partial charge is 0.260 e. The Hall–Kier alpha value is -4.26. The fourth-order valence-corrected chi connectivity index (χ4v) is 4.38. The SMILES string of the molecule is CC(C)n1ccnc1-c1cccc(N2Cc3ccc(-c4ccc5ccnn5c4)cc3C2=O)n1. The number of fused-ring (bicyclic) bond motifs is 2. The summed E-state index contributed by atoms with van der Waals surface area (Å²) in [7, 11) is 0. The molecule has 0 unspecified atom stereocenters. The number of carbonyl (C=O) groups excluding carboxylic acids is 1. The van der Waals surface area contributed by atoms with Crippen LogP contribution >= 0.6 is 0 Å². The molecule has 33 heavy (non-hydrogen) atoms. The predicted molar refractivity (Wildman–Crippen MR) is 127 cm³/mol. The lowest BCUT2D eigenvalue weighted by Crippen LogP contribution is -2.24. The van der Waals surface area contributed by atoms with Crippen molar-refractivity contribution in [2.24, 2.45) is 0 Å². The molecule has 1 amide bonds. The molecule has 0 atom stereocenters. The zero-order chi connectivity index (χ0) is 22.5. The Kier molecular flexibility index (Phi) is 4.36. The summed E-state index contributed by atoms with van der Waals surface area (Å²) in [6.07, 6.45) is 7.49. The highest BCUT2D eigenvalue weighted by Gasteiger charge is 2.30. The molecule has 0 N–H and O–H groups in total. The van der Waals surface area contributed by atoms with E-state index in [1.807, 2.05) is 59.4 Å².